The molecular formula is C12H18N2O3. The zero-order valence-electron chi connectivity index (χ0n) is 9.85. The largest absolute Gasteiger partial charge is 0.399 e. The lowest BCUT2D eigenvalue weighted by Gasteiger charge is -2.10. The molecule has 1 atom stereocenters. The van der Waals surface area contributed by atoms with Crippen LogP contribution in [0.25, 0.3) is 0 Å². The summed E-state index contributed by atoms with van der Waals surface area (Å²) >= 11 is 0. The molecule has 0 saturated carbocycles. The maximum Gasteiger partial charge on any atom is 0.251 e. The third-order valence-corrected chi connectivity index (χ3v) is 2.30. The smallest absolute Gasteiger partial charge is 0.251 e. The molecule has 5 heteroatoms. The summed E-state index contributed by atoms with van der Waals surface area (Å²) in [5.41, 5.74) is 6.70. The Morgan fingerprint density at radius 1 is 1.47 bits per heavy atom. The van der Waals surface area contributed by atoms with E-state index in [1.165, 1.54) is 7.11 Å². The molecule has 0 fully saturated rings. The van der Waals surface area contributed by atoms with Crippen molar-refractivity contribution in [2.75, 3.05) is 26.0 Å². The van der Waals surface area contributed by atoms with E-state index in [1.807, 2.05) is 0 Å². The lowest BCUT2D eigenvalue weighted by atomic mass is 10.2. The zero-order chi connectivity index (χ0) is 12.7. The van der Waals surface area contributed by atoms with Crippen molar-refractivity contribution in [3.05, 3.63) is 29.8 Å². The second-order valence-electron chi connectivity index (χ2n) is 3.78. The fourth-order valence-electron chi connectivity index (χ4n) is 1.36. The van der Waals surface area contributed by atoms with Crippen LogP contribution in [0.4, 0.5) is 5.69 Å². The van der Waals surface area contributed by atoms with Gasteiger partial charge in [0.05, 0.1) is 12.7 Å². The molecule has 0 aliphatic rings. The van der Waals surface area contributed by atoms with Crippen molar-refractivity contribution >= 4 is 11.6 Å². The molecule has 0 aliphatic carbocycles. The Morgan fingerprint density at radius 2 is 2.12 bits per heavy atom. The van der Waals surface area contributed by atoms with E-state index >= 15 is 0 Å². The maximum absolute atomic E-state index is 11.6. The molecule has 0 aromatic heterocycles. The molecule has 4 N–H and O–H groups in total. The van der Waals surface area contributed by atoms with Crippen molar-refractivity contribution in [3.63, 3.8) is 0 Å². The average Bonchev–Trinajstić information content (AvgIpc) is 2.30. The SMILES string of the molecule is COCC(O)CCNC(=O)c1ccc(N)cc1. The number of aliphatic hydroxyl groups is 1. The molecule has 1 rings (SSSR count). The van der Waals surface area contributed by atoms with E-state index < -0.39 is 6.10 Å². The first kappa shape index (κ1) is 13.5. The first-order valence-electron chi connectivity index (χ1n) is 5.44. The molecule has 0 aliphatic heterocycles. The summed E-state index contributed by atoms with van der Waals surface area (Å²) in [4.78, 5) is 11.6. The molecule has 1 aromatic carbocycles. The normalized spacial score (nSPS) is 12.1. The van der Waals surface area contributed by atoms with Gasteiger partial charge in [0.15, 0.2) is 0 Å². The van der Waals surface area contributed by atoms with Gasteiger partial charge in [0.2, 0.25) is 0 Å². The number of rotatable bonds is 6. The molecule has 0 heterocycles. The van der Waals surface area contributed by atoms with Crippen LogP contribution >= 0.6 is 0 Å². The number of methoxy groups -OCH3 is 1. The number of aliphatic hydroxyl groups excluding tert-OH is 1. The monoisotopic (exact) mass is 238 g/mol. The molecule has 0 saturated heterocycles. The highest BCUT2D eigenvalue weighted by Crippen LogP contribution is 2.05. The van der Waals surface area contributed by atoms with Crippen LogP contribution in [0.15, 0.2) is 24.3 Å². The molecule has 0 spiro atoms. The van der Waals surface area contributed by atoms with E-state index in [0.29, 0.717) is 24.2 Å². The lowest BCUT2D eigenvalue weighted by Crippen LogP contribution is -2.28. The van der Waals surface area contributed by atoms with Gasteiger partial charge in [-0.3, -0.25) is 4.79 Å². The quantitative estimate of drug-likeness (QED) is 0.626. The molecule has 1 aromatic rings. The lowest BCUT2D eigenvalue weighted by molar-refractivity contribution is 0.0587. The summed E-state index contributed by atoms with van der Waals surface area (Å²) in [5, 5.41) is 12.1. The summed E-state index contributed by atoms with van der Waals surface area (Å²) in [6.45, 7) is 0.686. The highest BCUT2D eigenvalue weighted by molar-refractivity contribution is 5.94. The van der Waals surface area contributed by atoms with Gasteiger partial charge in [0.1, 0.15) is 0 Å². The summed E-state index contributed by atoms with van der Waals surface area (Å²) in [6, 6.07) is 6.68. The number of ether oxygens (including phenoxy) is 1. The van der Waals surface area contributed by atoms with Gasteiger partial charge in [-0.15, -0.1) is 0 Å². The predicted octanol–water partition coefficient (Wildman–Crippen LogP) is 0.396. The highest BCUT2D eigenvalue weighted by atomic mass is 16.5. The van der Waals surface area contributed by atoms with Crippen molar-refractivity contribution in [1.29, 1.82) is 0 Å². The van der Waals surface area contributed by atoms with E-state index in [4.69, 9.17) is 10.5 Å². The van der Waals surface area contributed by atoms with Crippen LogP contribution < -0.4 is 11.1 Å². The van der Waals surface area contributed by atoms with E-state index in [2.05, 4.69) is 5.32 Å². The number of hydrogen-bond donors (Lipinski definition) is 3. The number of hydrogen-bond acceptors (Lipinski definition) is 4. The molecule has 1 amide bonds. The first-order valence-corrected chi connectivity index (χ1v) is 5.44. The number of nitrogens with one attached hydrogen (secondary N) is 1. The zero-order valence-corrected chi connectivity index (χ0v) is 9.85. The predicted molar refractivity (Wildman–Crippen MR) is 65.7 cm³/mol. The van der Waals surface area contributed by atoms with Crippen molar-refractivity contribution in [3.8, 4) is 0 Å². The average molecular weight is 238 g/mol. The summed E-state index contributed by atoms with van der Waals surface area (Å²) in [6.07, 6.45) is -0.0825. The number of benzene rings is 1. The van der Waals surface area contributed by atoms with Gasteiger partial charge in [-0.05, 0) is 30.7 Å². The first-order chi connectivity index (χ1) is 8.13. The number of nitrogens with two attached hydrogens (primary N) is 1. The molecule has 0 bridgehead atoms. The molecule has 1 unspecified atom stereocenters. The van der Waals surface area contributed by atoms with Crippen LogP contribution in [0.5, 0.6) is 0 Å². The standard InChI is InChI=1S/C12H18N2O3/c1-17-8-11(15)6-7-14-12(16)9-2-4-10(13)5-3-9/h2-5,11,15H,6-8,13H2,1H3,(H,14,16). The number of amides is 1. The molecule has 5 nitrogen and oxygen atoms in total. The third-order valence-electron chi connectivity index (χ3n) is 2.30. The van der Waals surface area contributed by atoms with Crippen molar-refractivity contribution in [2.45, 2.75) is 12.5 Å². The van der Waals surface area contributed by atoms with Gasteiger partial charge in [-0.1, -0.05) is 0 Å². The fourth-order valence-corrected chi connectivity index (χ4v) is 1.36. The van der Waals surface area contributed by atoms with Crippen LogP contribution in [-0.2, 0) is 4.74 Å². The van der Waals surface area contributed by atoms with Gasteiger partial charge in [0.25, 0.3) is 5.91 Å². The van der Waals surface area contributed by atoms with Gasteiger partial charge in [-0.2, -0.15) is 0 Å². The van der Waals surface area contributed by atoms with Gasteiger partial charge in [0, 0.05) is 24.9 Å². The summed E-state index contributed by atoms with van der Waals surface area (Å²) in [7, 11) is 1.52. The summed E-state index contributed by atoms with van der Waals surface area (Å²) < 4.78 is 4.78. The van der Waals surface area contributed by atoms with Crippen LogP contribution in [0, 0.1) is 0 Å². The van der Waals surface area contributed by atoms with E-state index in [1.54, 1.807) is 24.3 Å². The van der Waals surface area contributed by atoms with E-state index in [9.17, 15) is 9.90 Å². The van der Waals surface area contributed by atoms with E-state index in [-0.39, 0.29) is 12.5 Å². The number of nitrogen functional groups attached to an aromatic ring is 1. The number of carbonyl (C=O) groups excluding carboxylic acids is 1. The Kier molecular flexibility index (Phi) is 5.45. The third kappa shape index (κ3) is 4.84. The van der Waals surface area contributed by atoms with Crippen LogP contribution in [0.2, 0.25) is 0 Å². The minimum atomic E-state index is -0.549. The second-order valence-corrected chi connectivity index (χ2v) is 3.78. The summed E-state index contributed by atoms with van der Waals surface area (Å²) in [5.74, 6) is -0.172. The Labute approximate surface area is 101 Å². The van der Waals surface area contributed by atoms with Gasteiger partial charge in [-0.25, -0.2) is 0 Å². The van der Waals surface area contributed by atoms with Crippen LogP contribution in [0.1, 0.15) is 16.8 Å². The Bertz CT molecular complexity index is 351. The second kappa shape index (κ2) is 6.88. The van der Waals surface area contributed by atoms with Crippen molar-refractivity contribution < 1.29 is 14.6 Å². The van der Waals surface area contributed by atoms with Crippen molar-refractivity contribution in [1.82, 2.24) is 5.32 Å². The Morgan fingerprint density at radius 3 is 2.71 bits per heavy atom. The Balaban J connectivity index is 2.32. The minimum absolute atomic E-state index is 0.172. The van der Waals surface area contributed by atoms with Gasteiger partial charge >= 0.3 is 0 Å². The number of anilines is 1. The molecular weight excluding hydrogens is 220 g/mol. The molecule has 0 radical (unpaired) electrons. The maximum atomic E-state index is 11.6. The van der Waals surface area contributed by atoms with Crippen molar-refractivity contribution in [2.24, 2.45) is 0 Å². The van der Waals surface area contributed by atoms with Crippen LogP contribution in [0.3, 0.4) is 0 Å². The highest BCUT2D eigenvalue weighted by Gasteiger charge is 2.06. The molecule has 94 valence electrons. The topological polar surface area (TPSA) is 84.6 Å². The Hall–Kier alpha value is -1.59. The minimum Gasteiger partial charge on any atom is -0.399 e. The van der Waals surface area contributed by atoms with E-state index in [0.717, 1.165) is 0 Å². The fraction of sp³-hybridized carbons (Fsp3) is 0.417. The molecule has 17 heavy (non-hydrogen) atoms. The van der Waals surface area contributed by atoms with Gasteiger partial charge < -0.3 is 20.9 Å². The van der Waals surface area contributed by atoms with Crippen LogP contribution in [-0.4, -0.2) is 37.4 Å². The number of carbonyl (C=O) groups is 1.